The lowest BCUT2D eigenvalue weighted by Crippen LogP contribution is -2.09. The second kappa shape index (κ2) is 7.53. The molecule has 0 bridgehead atoms. The van der Waals surface area contributed by atoms with Gasteiger partial charge in [-0.25, -0.2) is 19.2 Å². The summed E-state index contributed by atoms with van der Waals surface area (Å²) in [5.74, 6) is 0.297. The summed E-state index contributed by atoms with van der Waals surface area (Å²) in [6, 6.07) is 14.7. The van der Waals surface area contributed by atoms with Gasteiger partial charge in [0.1, 0.15) is 17.3 Å². The molecule has 2 aromatic carbocycles. The Labute approximate surface area is 144 Å². The third kappa shape index (κ3) is 4.17. The summed E-state index contributed by atoms with van der Waals surface area (Å²) in [5.41, 5.74) is 1.41. The van der Waals surface area contributed by atoms with Crippen LogP contribution in [0.25, 0.3) is 11.3 Å². The first-order valence-corrected chi connectivity index (χ1v) is 7.70. The number of aromatic nitrogens is 2. The number of halogens is 1. The summed E-state index contributed by atoms with van der Waals surface area (Å²) in [6.07, 6.45) is 1.51. The Balaban J connectivity index is 1.77. The van der Waals surface area contributed by atoms with Crippen molar-refractivity contribution in [3.05, 3.63) is 72.4 Å². The minimum atomic E-state index is -0.555. The molecule has 0 spiro atoms. The maximum Gasteiger partial charge on any atom is 0.376 e. The molecule has 3 aromatic rings. The van der Waals surface area contributed by atoms with E-state index in [-0.39, 0.29) is 18.2 Å². The van der Waals surface area contributed by atoms with E-state index in [4.69, 9.17) is 9.47 Å². The van der Waals surface area contributed by atoms with Gasteiger partial charge >= 0.3 is 5.97 Å². The van der Waals surface area contributed by atoms with Crippen LogP contribution in [0.3, 0.4) is 0 Å². The largest absolute Gasteiger partial charge is 0.460 e. The molecule has 6 heteroatoms. The van der Waals surface area contributed by atoms with E-state index < -0.39 is 5.97 Å². The molecule has 1 aromatic heterocycles. The van der Waals surface area contributed by atoms with E-state index in [9.17, 15) is 9.18 Å². The van der Waals surface area contributed by atoms with E-state index in [1.54, 1.807) is 37.3 Å². The van der Waals surface area contributed by atoms with E-state index in [0.717, 1.165) is 5.56 Å². The van der Waals surface area contributed by atoms with Crippen molar-refractivity contribution in [2.24, 2.45) is 0 Å². The number of hydrogen-bond acceptors (Lipinski definition) is 5. The first kappa shape index (κ1) is 16.6. The number of rotatable bonds is 5. The molecule has 0 saturated heterocycles. The van der Waals surface area contributed by atoms with Crippen molar-refractivity contribution >= 4 is 5.97 Å². The molecule has 0 amide bonds. The fourth-order valence-electron chi connectivity index (χ4n) is 2.15. The van der Waals surface area contributed by atoms with E-state index in [1.165, 1.54) is 18.3 Å². The third-order valence-electron chi connectivity index (χ3n) is 3.31. The molecular formula is C19H15FN2O3. The van der Waals surface area contributed by atoms with E-state index in [0.29, 0.717) is 17.2 Å². The minimum Gasteiger partial charge on any atom is -0.460 e. The highest BCUT2D eigenvalue weighted by atomic mass is 19.1. The number of ether oxygens (including phenoxy) is 2. The molecule has 0 N–H and O–H groups in total. The molecule has 0 fully saturated rings. The van der Waals surface area contributed by atoms with Crippen LogP contribution >= 0.6 is 0 Å². The Hall–Kier alpha value is -3.28. The van der Waals surface area contributed by atoms with Crippen LogP contribution in [0.2, 0.25) is 0 Å². The lowest BCUT2D eigenvalue weighted by atomic mass is 10.1. The predicted octanol–water partition coefficient (Wildman–Crippen LogP) is 4.25. The number of nitrogens with zero attached hydrogens (tertiary/aromatic N) is 2. The molecule has 0 aliphatic heterocycles. The standard InChI is InChI=1S/C19H15FN2O3/c1-2-24-19(23)18-21-12-11-17(22-18)13-3-7-15(8-4-13)25-16-9-5-14(20)6-10-16/h3-12H,2H2,1H3. The van der Waals surface area contributed by atoms with Gasteiger partial charge in [0.25, 0.3) is 0 Å². The van der Waals surface area contributed by atoms with Gasteiger partial charge in [-0.1, -0.05) is 0 Å². The van der Waals surface area contributed by atoms with Crippen LogP contribution in [0.4, 0.5) is 4.39 Å². The molecule has 0 aliphatic carbocycles. The van der Waals surface area contributed by atoms with Crippen molar-refractivity contribution in [3.8, 4) is 22.8 Å². The molecule has 0 atom stereocenters. The highest BCUT2D eigenvalue weighted by Crippen LogP contribution is 2.25. The second-order valence-electron chi connectivity index (χ2n) is 5.07. The number of esters is 1. The number of carbonyl (C=O) groups is 1. The van der Waals surface area contributed by atoms with Crippen LogP contribution in [-0.4, -0.2) is 22.5 Å². The maximum atomic E-state index is 12.9. The zero-order valence-corrected chi connectivity index (χ0v) is 13.5. The zero-order valence-electron chi connectivity index (χ0n) is 13.5. The summed E-state index contributed by atoms with van der Waals surface area (Å²) in [7, 11) is 0. The Morgan fingerprint density at radius 1 is 1.00 bits per heavy atom. The first-order chi connectivity index (χ1) is 12.2. The molecule has 0 saturated carbocycles. The summed E-state index contributed by atoms with van der Waals surface area (Å²) >= 11 is 0. The van der Waals surface area contributed by atoms with Gasteiger partial charge in [0, 0.05) is 11.8 Å². The lowest BCUT2D eigenvalue weighted by molar-refractivity contribution is 0.0512. The number of benzene rings is 2. The fraction of sp³-hybridized carbons (Fsp3) is 0.105. The van der Waals surface area contributed by atoms with Crippen LogP contribution in [0.1, 0.15) is 17.5 Å². The number of carbonyl (C=O) groups excluding carboxylic acids is 1. The predicted molar refractivity (Wildman–Crippen MR) is 89.9 cm³/mol. The molecule has 5 nitrogen and oxygen atoms in total. The van der Waals surface area contributed by atoms with Crippen LogP contribution in [0, 0.1) is 5.82 Å². The van der Waals surface area contributed by atoms with E-state index >= 15 is 0 Å². The average molecular weight is 338 g/mol. The van der Waals surface area contributed by atoms with E-state index in [2.05, 4.69) is 9.97 Å². The Morgan fingerprint density at radius 2 is 1.64 bits per heavy atom. The maximum absolute atomic E-state index is 12.9. The summed E-state index contributed by atoms with van der Waals surface area (Å²) in [6.45, 7) is 1.99. The lowest BCUT2D eigenvalue weighted by Gasteiger charge is -2.07. The fourth-order valence-corrected chi connectivity index (χ4v) is 2.15. The third-order valence-corrected chi connectivity index (χ3v) is 3.31. The summed E-state index contributed by atoms with van der Waals surface area (Å²) in [5, 5.41) is 0. The topological polar surface area (TPSA) is 61.3 Å². The SMILES string of the molecule is CCOC(=O)c1nccc(-c2ccc(Oc3ccc(F)cc3)cc2)n1. The monoisotopic (exact) mass is 338 g/mol. The molecule has 0 aliphatic rings. The zero-order chi connectivity index (χ0) is 17.6. The van der Waals surface area contributed by atoms with Crippen molar-refractivity contribution in [3.63, 3.8) is 0 Å². The smallest absolute Gasteiger partial charge is 0.376 e. The molecular weight excluding hydrogens is 323 g/mol. The minimum absolute atomic E-state index is 0.0194. The highest BCUT2D eigenvalue weighted by Gasteiger charge is 2.11. The molecule has 25 heavy (non-hydrogen) atoms. The van der Waals surface area contributed by atoms with Crippen molar-refractivity contribution in [1.29, 1.82) is 0 Å². The molecule has 0 radical (unpaired) electrons. The normalized spacial score (nSPS) is 10.3. The molecule has 126 valence electrons. The highest BCUT2D eigenvalue weighted by molar-refractivity contribution is 5.85. The van der Waals surface area contributed by atoms with Crippen LogP contribution < -0.4 is 4.74 Å². The number of hydrogen-bond donors (Lipinski definition) is 0. The molecule has 1 heterocycles. The van der Waals surface area contributed by atoms with Crippen LogP contribution in [-0.2, 0) is 4.74 Å². The van der Waals surface area contributed by atoms with Gasteiger partial charge in [0.15, 0.2) is 0 Å². The average Bonchev–Trinajstić information content (AvgIpc) is 2.65. The first-order valence-electron chi connectivity index (χ1n) is 7.70. The van der Waals surface area contributed by atoms with Crippen molar-refractivity contribution < 1.29 is 18.7 Å². The Morgan fingerprint density at radius 3 is 2.28 bits per heavy atom. The Kier molecular flexibility index (Phi) is 4.99. The quantitative estimate of drug-likeness (QED) is 0.651. The van der Waals surface area contributed by atoms with Crippen molar-refractivity contribution in [1.82, 2.24) is 9.97 Å². The van der Waals surface area contributed by atoms with Gasteiger partial charge in [-0.3, -0.25) is 0 Å². The van der Waals surface area contributed by atoms with Gasteiger partial charge in [-0.15, -0.1) is 0 Å². The van der Waals surface area contributed by atoms with Gasteiger partial charge < -0.3 is 9.47 Å². The second-order valence-corrected chi connectivity index (χ2v) is 5.07. The summed E-state index contributed by atoms with van der Waals surface area (Å²) in [4.78, 5) is 19.9. The van der Waals surface area contributed by atoms with Gasteiger partial charge in [0.05, 0.1) is 12.3 Å². The van der Waals surface area contributed by atoms with Gasteiger partial charge in [0.2, 0.25) is 5.82 Å². The van der Waals surface area contributed by atoms with Crippen molar-refractivity contribution in [2.45, 2.75) is 6.92 Å². The van der Waals surface area contributed by atoms with Gasteiger partial charge in [-0.05, 0) is 61.5 Å². The summed E-state index contributed by atoms with van der Waals surface area (Å²) < 4.78 is 23.5. The van der Waals surface area contributed by atoms with E-state index in [1.807, 2.05) is 12.1 Å². The molecule has 3 rings (SSSR count). The van der Waals surface area contributed by atoms with Crippen molar-refractivity contribution in [2.75, 3.05) is 6.61 Å². The van der Waals surface area contributed by atoms with Gasteiger partial charge in [-0.2, -0.15) is 0 Å². The van der Waals surface area contributed by atoms with Crippen LogP contribution in [0.15, 0.2) is 60.8 Å². The molecule has 0 unspecified atom stereocenters. The van der Waals surface area contributed by atoms with Crippen LogP contribution in [0.5, 0.6) is 11.5 Å². The Bertz CT molecular complexity index is 865.